The third-order valence-electron chi connectivity index (χ3n) is 6.71. The van der Waals surface area contributed by atoms with E-state index in [2.05, 4.69) is 53.1 Å². The highest BCUT2D eigenvalue weighted by atomic mass is 16.2. The van der Waals surface area contributed by atoms with Gasteiger partial charge in [0.1, 0.15) is 0 Å². The van der Waals surface area contributed by atoms with Crippen molar-refractivity contribution in [2.24, 2.45) is 5.73 Å². The number of aromatic nitrogens is 1. The number of aryl methyl sites for hydroxylation is 1. The molecule has 0 aliphatic carbocycles. The van der Waals surface area contributed by atoms with E-state index >= 15 is 0 Å². The Hall–Kier alpha value is -3.90. The molecule has 0 saturated heterocycles. The summed E-state index contributed by atoms with van der Waals surface area (Å²) in [6, 6.07) is 22.0. The Labute approximate surface area is 206 Å². The van der Waals surface area contributed by atoms with Gasteiger partial charge in [0.25, 0.3) is 0 Å². The van der Waals surface area contributed by atoms with Gasteiger partial charge in [-0.1, -0.05) is 36.4 Å². The van der Waals surface area contributed by atoms with Gasteiger partial charge in [-0.25, -0.2) is 4.79 Å². The smallest absolute Gasteiger partial charge is 0.323 e. The second-order valence-corrected chi connectivity index (χ2v) is 9.29. The maximum absolute atomic E-state index is 12.9. The topological polar surface area (TPSA) is 65.7 Å². The van der Waals surface area contributed by atoms with Gasteiger partial charge in [-0.05, 0) is 79.3 Å². The van der Waals surface area contributed by atoms with Gasteiger partial charge in [0.15, 0.2) is 0 Å². The van der Waals surface area contributed by atoms with E-state index in [1.807, 2.05) is 42.5 Å². The number of benzene rings is 3. The molecule has 0 radical (unpaired) electrons. The summed E-state index contributed by atoms with van der Waals surface area (Å²) in [5, 5.41) is 2.04. The van der Waals surface area contributed by atoms with Crippen molar-refractivity contribution in [3.8, 4) is 11.1 Å². The Morgan fingerprint density at radius 1 is 1.00 bits per heavy atom. The average Bonchev–Trinajstić information content (AvgIpc) is 2.88. The Bertz CT molecular complexity index is 1350. The van der Waals surface area contributed by atoms with Crippen LogP contribution in [0.5, 0.6) is 0 Å². The Balaban J connectivity index is 1.61. The molecule has 178 valence electrons. The monoisotopic (exact) mass is 465 g/mol. The SMILES string of the molecule is CN(C)CCN1CCCc2ccc(N(C(N)=O)c3ccc(-c4ccncc4)c4ccccc34)cc21. The standard InChI is InChI=1S/C29H31N5O/c1-32(2)18-19-33-17-5-6-22-9-10-23(20-28(22)33)34(29(30)35)27-12-11-24(21-13-15-31-16-14-21)25-7-3-4-8-26(25)27/h3-4,7-16,20H,5-6,17-19H2,1-2H3,(H2,30,35). The molecule has 3 aromatic carbocycles. The molecule has 1 aromatic heterocycles. The molecular formula is C29H31N5O. The van der Waals surface area contributed by atoms with Gasteiger partial charge in [0, 0.05) is 43.1 Å². The number of hydrogen-bond acceptors (Lipinski definition) is 4. The molecule has 35 heavy (non-hydrogen) atoms. The van der Waals surface area contributed by atoms with E-state index in [1.54, 1.807) is 17.3 Å². The Kier molecular flexibility index (Phi) is 6.38. The summed E-state index contributed by atoms with van der Waals surface area (Å²) in [5.41, 5.74) is 12.3. The number of nitrogens with two attached hydrogens (primary N) is 1. The van der Waals surface area contributed by atoms with E-state index in [0.29, 0.717) is 0 Å². The summed E-state index contributed by atoms with van der Waals surface area (Å²) >= 11 is 0. The van der Waals surface area contributed by atoms with Crippen molar-refractivity contribution in [2.45, 2.75) is 12.8 Å². The second-order valence-electron chi connectivity index (χ2n) is 9.29. The summed E-state index contributed by atoms with van der Waals surface area (Å²) in [5.74, 6) is 0. The van der Waals surface area contributed by atoms with Crippen LogP contribution < -0.4 is 15.5 Å². The van der Waals surface area contributed by atoms with Crippen molar-refractivity contribution >= 4 is 33.9 Å². The molecule has 6 heteroatoms. The van der Waals surface area contributed by atoms with E-state index in [9.17, 15) is 4.79 Å². The number of carbonyl (C=O) groups is 1. The summed E-state index contributed by atoms with van der Waals surface area (Å²) in [6.45, 7) is 2.94. The van der Waals surface area contributed by atoms with Gasteiger partial charge in [-0.2, -0.15) is 0 Å². The number of amides is 2. The van der Waals surface area contributed by atoms with Crippen LogP contribution in [0.3, 0.4) is 0 Å². The second kappa shape index (κ2) is 9.76. The van der Waals surface area contributed by atoms with Gasteiger partial charge < -0.3 is 15.5 Å². The lowest BCUT2D eigenvalue weighted by Gasteiger charge is -2.33. The number of likely N-dealkylation sites (N-methyl/N-ethyl adjacent to an activating group) is 1. The fraction of sp³-hybridized carbons (Fsp3) is 0.241. The molecular weight excluding hydrogens is 434 g/mol. The van der Waals surface area contributed by atoms with Crippen LogP contribution in [0, 0.1) is 0 Å². The van der Waals surface area contributed by atoms with Crippen LogP contribution in [0.1, 0.15) is 12.0 Å². The highest BCUT2D eigenvalue weighted by Gasteiger charge is 2.23. The van der Waals surface area contributed by atoms with Crippen LogP contribution in [-0.4, -0.2) is 49.6 Å². The van der Waals surface area contributed by atoms with E-state index < -0.39 is 6.03 Å². The van der Waals surface area contributed by atoms with Crippen molar-refractivity contribution in [3.63, 3.8) is 0 Å². The first-order chi connectivity index (χ1) is 17.0. The van der Waals surface area contributed by atoms with E-state index in [1.165, 1.54) is 11.3 Å². The molecule has 0 unspecified atom stereocenters. The van der Waals surface area contributed by atoms with Crippen LogP contribution in [0.2, 0.25) is 0 Å². The van der Waals surface area contributed by atoms with Crippen LogP contribution in [0.25, 0.3) is 21.9 Å². The average molecular weight is 466 g/mol. The van der Waals surface area contributed by atoms with E-state index in [-0.39, 0.29) is 0 Å². The predicted molar refractivity (Wildman–Crippen MR) is 144 cm³/mol. The Morgan fingerprint density at radius 2 is 1.77 bits per heavy atom. The van der Waals surface area contributed by atoms with Crippen molar-refractivity contribution in [1.29, 1.82) is 0 Å². The lowest BCUT2D eigenvalue weighted by atomic mass is 9.97. The minimum Gasteiger partial charge on any atom is -0.370 e. The Morgan fingerprint density at radius 3 is 2.51 bits per heavy atom. The lowest BCUT2D eigenvalue weighted by Crippen LogP contribution is -2.36. The van der Waals surface area contributed by atoms with Gasteiger partial charge in [0.05, 0.1) is 11.4 Å². The summed E-state index contributed by atoms with van der Waals surface area (Å²) < 4.78 is 0. The van der Waals surface area contributed by atoms with Gasteiger partial charge >= 0.3 is 6.03 Å². The molecule has 2 N–H and O–H groups in total. The number of fused-ring (bicyclic) bond motifs is 2. The normalized spacial score (nSPS) is 13.2. The third-order valence-corrected chi connectivity index (χ3v) is 6.71. The van der Waals surface area contributed by atoms with Crippen molar-refractivity contribution in [3.05, 3.63) is 84.7 Å². The zero-order valence-corrected chi connectivity index (χ0v) is 20.3. The molecule has 2 heterocycles. The molecule has 0 bridgehead atoms. The molecule has 2 amide bonds. The number of primary amides is 1. The zero-order valence-electron chi connectivity index (χ0n) is 20.3. The van der Waals surface area contributed by atoms with Crippen LogP contribution in [0.4, 0.5) is 21.9 Å². The maximum Gasteiger partial charge on any atom is 0.323 e. The molecule has 0 saturated carbocycles. The molecule has 6 nitrogen and oxygen atoms in total. The summed E-state index contributed by atoms with van der Waals surface area (Å²) in [4.78, 5) is 23.3. The molecule has 0 spiro atoms. The maximum atomic E-state index is 12.9. The van der Waals surface area contributed by atoms with Crippen LogP contribution >= 0.6 is 0 Å². The molecule has 1 aliphatic heterocycles. The minimum atomic E-state index is -0.498. The quantitative estimate of drug-likeness (QED) is 0.412. The van der Waals surface area contributed by atoms with E-state index in [4.69, 9.17) is 5.73 Å². The first kappa shape index (κ1) is 22.9. The van der Waals surface area contributed by atoms with E-state index in [0.717, 1.165) is 65.8 Å². The summed E-state index contributed by atoms with van der Waals surface area (Å²) in [7, 11) is 4.19. The van der Waals surface area contributed by atoms with Gasteiger partial charge in [-0.15, -0.1) is 0 Å². The van der Waals surface area contributed by atoms with Crippen LogP contribution in [0.15, 0.2) is 79.1 Å². The first-order valence-corrected chi connectivity index (χ1v) is 12.1. The zero-order chi connectivity index (χ0) is 24.4. The van der Waals surface area contributed by atoms with Crippen molar-refractivity contribution < 1.29 is 4.79 Å². The third kappa shape index (κ3) is 4.57. The van der Waals surface area contributed by atoms with Crippen LogP contribution in [-0.2, 0) is 6.42 Å². The highest BCUT2D eigenvalue weighted by molar-refractivity contribution is 6.11. The first-order valence-electron chi connectivity index (χ1n) is 12.1. The number of nitrogens with zero attached hydrogens (tertiary/aromatic N) is 4. The molecule has 1 aliphatic rings. The summed E-state index contributed by atoms with van der Waals surface area (Å²) in [6.07, 6.45) is 5.78. The largest absolute Gasteiger partial charge is 0.370 e. The number of urea groups is 1. The fourth-order valence-electron chi connectivity index (χ4n) is 4.98. The minimum absolute atomic E-state index is 0.498. The number of carbonyl (C=O) groups excluding carboxylic acids is 1. The molecule has 4 aromatic rings. The molecule has 0 fully saturated rings. The predicted octanol–water partition coefficient (Wildman–Crippen LogP) is 5.43. The van der Waals surface area contributed by atoms with Gasteiger partial charge in [0.2, 0.25) is 0 Å². The molecule has 0 atom stereocenters. The number of pyridine rings is 1. The van der Waals surface area contributed by atoms with Crippen molar-refractivity contribution in [2.75, 3.05) is 43.5 Å². The highest BCUT2D eigenvalue weighted by Crippen LogP contribution is 2.39. The van der Waals surface area contributed by atoms with Crippen molar-refractivity contribution in [1.82, 2.24) is 9.88 Å². The number of hydrogen-bond donors (Lipinski definition) is 1. The number of rotatable bonds is 6. The lowest BCUT2D eigenvalue weighted by molar-refractivity contribution is 0.256. The fourth-order valence-corrected chi connectivity index (χ4v) is 4.98. The number of anilines is 3. The van der Waals surface area contributed by atoms with Gasteiger partial charge in [-0.3, -0.25) is 9.88 Å². The molecule has 5 rings (SSSR count).